The Hall–Kier alpha value is -1.69. The maximum Gasteiger partial charge on any atom is 0.243 e. The fraction of sp³-hybridized carbons (Fsp3) is 0.481. The molecule has 0 heterocycles. The summed E-state index contributed by atoms with van der Waals surface area (Å²) in [4.78, 5) is 28.4. The minimum absolute atomic E-state index is 0.0469. The van der Waals surface area contributed by atoms with E-state index in [-0.39, 0.29) is 17.9 Å². The molecule has 0 aromatic heterocycles. The van der Waals surface area contributed by atoms with Crippen molar-refractivity contribution in [2.24, 2.45) is 0 Å². The SMILES string of the molecule is CC[C@@H](C(=O)NC1CCCCC1)N(Cc1ccc(Cl)c(Cl)c1)C(=O)CSCc1cccc(C)c1. The number of hydrogen-bond donors (Lipinski definition) is 1. The number of carbonyl (C=O) groups excluding carboxylic acids is 2. The topological polar surface area (TPSA) is 49.4 Å². The first kappa shape index (κ1) is 26.9. The first-order valence-corrected chi connectivity index (χ1v) is 14.0. The second-order valence-electron chi connectivity index (χ2n) is 9.02. The molecule has 0 aliphatic heterocycles. The van der Waals surface area contributed by atoms with Crippen molar-refractivity contribution in [3.63, 3.8) is 0 Å². The highest BCUT2D eigenvalue weighted by Crippen LogP contribution is 2.25. The summed E-state index contributed by atoms with van der Waals surface area (Å²) >= 11 is 13.9. The van der Waals surface area contributed by atoms with E-state index in [0.717, 1.165) is 37.0 Å². The highest BCUT2D eigenvalue weighted by Gasteiger charge is 2.30. The molecule has 7 heteroatoms. The molecule has 34 heavy (non-hydrogen) atoms. The number of nitrogens with one attached hydrogen (secondary N) is 1. The van der Waals surface area contributed by atoms with E-state index >= 15 is 0 Å². The van der Waals surface area contributed by atoms with Crippen molar-refractivity contribution in [3.05, 3.63) is 69.2 Å². The molecule has 1 saturated carbocycles. The Morgan fingerprint density at radius 3 is 2.50 bits per heavy atom. The van der Waals surface area contributed by atoms with Crippen molar-refractivity contribution in [2.75, 3.05) is 5.75 Å². The molecule has 4 nitrogen and oxygen atoms in total. The van der Waals surface area contributed by atoms with Crippen LogP contribution in [0.4, 0.5) is 0 Å². The van der Waals surface area contributed by atoms with Crippen LogP contribution in [-0.4, -0.2) is 34.6 Å². The Labute approximate surface area is 217 Å². The molecule has 0 radical (unpaired) electrons. The van der Waals surface area contributed by atoms with E-state index in [2.05, 4.69) is 30.4 Å². The van der Waals surface area contributed by atoms with Crippen molar-refractivity contribution >= 4 is 46.8 Å². The van der Waals surface area contributed by atoms with E-state index < -0.39 is 6.04 Å². The van der Waals surface area contributed by atoms with Gasteiger partial charge in [-0.25, -0.2) is 0 Å². The van der Waals surface area contributed by atoms with Gasteiger partial charge in [0.25, 0.3) is 0 Å². The Kier molecular flexibility index (Phi) is 10.6. The maximum atomic E-state index is 13.4. The summed E-state index contributed by atoms with van der Waals surface area (Å²) in [6.07, 6.45) is 6.08. The van der Waals surface area contributed by atoms with Crippen LogP contribution >= 0.6 is 35.0 Å². The minimum atomic E-state index is -0.525. The third-order valence-electron chi connectivity index (χ3n) is 6.25. The van der Waals surface area contributed by atoms with E-state index in [1.165, 1.54) is 17.5 Å². The van der Waals surface area contributed by atoms with Crippen molar-refractivity contribution in [2.45, 2.75) is 76.8 Å². The van der Waals surface area contributed by atoms with Gasteiger partial charge in [0.2, 0.25) is 11.8 Å². The number of benzene rings is 2. The molecule has 1 atom stereocenters. The van der Waals surface area contributed by atoms with Crippen molar-refractivity contribution in [1.29, 1.82) is 0 Å². The molecular weight excluding hydrogens is 487 g/mol. The summed E-state index contributed by atoms with van der Waals surface area (Å²) in [7, 11) is 0. The van der Waals surface area contributed by atoms with Crippen LogP contribution in [0.2, 0.25) is 10.0 Å². The average Bonchev–Trinajstić information content (AvgIpc) is 2.82. The number of amides is 2. The smallest absolute Gasteiger partial charge is 0.243 e. The van der Waals surface area contributed by atoms with Crippen LogP contribution in [0.15, 0.2) is 42.5 Å². The van der Waals surface area contributed by atoms with E-state index in [9.17, 15) is 9.59 Å². The van der Waals surface area contributed by atoms with Crippen molar-refractivity contribution in [3.8, 4) is 0 Å². The van der Waals surface area contributed by atoms with Crippen LogP contribution in [0, 0.1) is 6.92 Å². The lowest BCUT2D eigenvalue weighted by atomic mass is 9.95. The predicted octanol–water partition coefficient (Wildman–Crippen LogP) is 6.79. The number of thioether (sulfide) groups is 1. The predicted molar refractivity (Wildman–Crippen MR) is 143 cm³/mol. The third-order valence-corrected chi connectivity index (χ3v) is 7.98. The molecule has 1 aliphatic carbocycles. The first-order chi connectivity index (χ1) is 16.4. The van der Waals surface area contributed by atoms with Gasteiger partial charge in [0.05, 0.1) is 15.8 Å². The molecule has 1 fully saturated rings. The lowest BCUT2D eigenvalue weighted by molar-refractivity contribution is -0.139. The van der Waals surface area contributed by atoms with E-state index in [0.29, 0.717) is 28.8 Å². The van der Waals surface area contributed by atoms with Gasteiger partial charge in [-0.1, -0.05) is 85.3 Å². The zero-order valence-corrected chi connectivity index (χ0v) is 22.3. The molecule has 3 rings (SSSR count). The summed E-state index contributed by atoms with van der Waals surface area (Å²) in [6, 6.07) is 13.4. The Balaban J connectivity index is 1.72. The van der Waals surface area contributed by atoms with Crippen LogP contribution in [0.5, 0.6) is 0 Å². The summed E-state index contributed by atoms with van der Waals surface area (Å²) in [5.41, 5.74) is 3.25. The first-order valence-electron chi connectivity index (χ1n) is 12.0. The minimum Gasteiger partial charge on any atom is -0.352 e. The monoisotopic (exact) mass is 520 g/mol. The summed E-state index contributed by atoms with van der Waals surface area (Å²) < 4.78 is 0. The molecule has 2 aromatic rings. The summed E-state index contributed by atoms with van der Waals surface area (Å²) in [6.45, 7) is 4.34. The second kappa shape index (κ2) is 13.4. The van der Waals surface area contributed by atoms with Crippen LogP contribution in [0.25, 0.3) is 0 Å². The number of hydrogen-bond acceptors (Lipinski definition) is 3. The molecule has 0 bridgehead atoms. The fourth-order valence-corrected chi connectivity index (χ4v) is 5.62. The number of nitrogens with zero attached hydrogens (tertiary/aromatic N) is 1. The number of halogens is 2. The van der Waals surface area contributed by atoms with Crippen LogP contribution < -0.4 is 5.32 Å². The van der Waals surface area contributed by atoms with Crippen LogP contribution in [0.1, 0.15) is 62.1 Å². The Morgan fingerprint density at radius 1 is 1.06 bits per heavy atom. The lowest BCUT2D eigenvalue weighted by Gasteiger charge is -2.33. The average molecular weight is 522 g/mol. The summed E-state index contributed by atoms with van der Waals surface area (Å²) in [5.74, 6) is 0.947. The summed E-state index contributed by atoms with van der Waals surface area (Å²) in [5, 5.41) is 4.13. The lowest BCUT2D eigenvalue weighted by Crippen LogP contribution is -2.52. The Bertz CT molecular complexity index is 979. The molecule has 0 saturated heterocycles. The van der Waals surface area contributed by atoms with Crippen molar-refractivity contribution in [1.82, 2.24) is 10.2 Å². The quantitative estimate of drug-likeness (QED) is 0.375. The Morgan fingerprint density at radius 2 is 1.82 bits per heavy atom. The van der Waals surface area contributed by atoms with Gasteiger partial charge in [0.1, 0.15) is 6.04 Å². The van der Waals surface area contributed by atoms with Gasteiger partial charge < -0.3 is 10.2 Å². The van der Waals surface area contributed by atoms with Gasteiger partial charge >= 0.3 is 0 Å². The van der Waals surface area contributed by atoms with E-state index in [4.69, 9.17) is 23.2 Å². The van der Waals surface area contributed by atoms with E-state index in [1.54, 1.807) is 28.8 Å². The largest absolute Gasteiger partial charge is 0.352 e. The zero-order valence-electron chi connectivity index (χ0n) is 20.0. The van der Waals surface area contributed by atoms with Crippen LogP contribution in [-0.2, 0) is 21.9 Å². The molecule has 1 aliphatic rings. The van der Waals surface area contributed by atoms with Gasteiger partial charge in [-0.05, 0) is 49.4 Å². The molecule has 0 spiro atoms. The van der Waals surface area contributed by atoms with Gasteiger partial charge in [-0.2, -0.15) is 0 Å². The third kappa shape index (κ3) is 7.93. The van der Waals surface area contributed by atoms with Crippen molar-refractivity contribution < 1.29 is 9.59 Å². The van der Waals surface area contributed by atoms with E-state index in [1.807, 2.05) is 19.1 Å². The van der Waals surface area contributed by atoms with Gasteiger partial charge in [-0.3, -0.25) is 9.59 Å². The molecular formula is C27H34Cl2N2O2S. The molecule has 0 unspecified atom stereocenters. The number of rotatable bonds is 10. The molecule has 184 valence electrons. The van der Waals surface area contributed by atoms with Gasteiger partial charge in [-0.15, -0.1) is 11.8 Å². The fourth-order valence-electron chi connectivity index (χ4n) is 4.44. The molecule has 2 aromatic carbocycles. The van der Waals surface area contributed by atoms with Gasteiger partial charge in [0.15, 0.2) is 0 Å². The number of aryl methyl sites for hydroxylation is 1. The van der Waals surface area contributed by atoms with Crippen LogP contribution in [0.3, 0.4) is 0 Å². The molecule has 1 N–H and O–H groups in total. The molecule has 2 amide bonds. The second-order valence-corrected chi connectivity index (χ2v) is 10.8. The highest BCUT2D eigenvalue weighted by atomic mass is 35.5. The van der Waals surface area contributed by atoms with Gasteiger partial charge in [0, 0.05) is 18.3 Å². The number of carbonyl (C=O) groups is 2. The zero-order chi connectivity index (χ0) is 24.5. The normalized spacial score (nSPS) is 15.1. The highest BCUT2D eigenvalue weighted by molar-refractivity contribution is 7.99. The maximum absolute atomic E-state index is 13.4. The standard InChI is InChI=1S/C27H34Cl2N2O2S/c1-3-25(27(33)30-22-10-5-4-6-11-22)31(16-20-12-13-23(28)24(29)15-20)26(32)18-34-17-21-9-7-8-19(2)14-21/h7-9,12-15,22,25H,3-6,10-11,16-18H2,1-2H3,(H,30,33)/t25-/m0/s1.